The van der Waals surface area contributed by atoms with Crippen molar-refractivity contribution in [2.75, 3.05) is 19.0 Å². The van der Waals surface area contributed by atoms with Gasteiger partial charge in [-0.1, -0.05) is 0 Å². The zero-order chi connectivity index (χ0) is 14.7. The molecule has 0 saturated carbocycles. The van der Waals surface area contributed by atoms with Gasteiger partial charge in [-0.2, -0.15) is 5.10 Å². The third-order valence-electron chi connectivity index (χ3n) is 3.64. The summed E-state index contributed by atoms with van der Waals surface area (Å²) < 4.78 is 7.02. The lowest BCUT2D eigenvalue weighted by Gasteiger charge is -2.11. The van der Waals surface area contributed by atoms with Crippen molar-refractivity contribution in [2.45, 2.75) is 18.6 Å². The predicted molar refractivity (Wildman–Crippen MR) is 79.4 cm³/mol. The monoisotopic (exact) mass is 286 g/mol. The van der Waals surface area contributed by atoms with Crippen LogP contribution in [0.3, 0.4) is 0 Å². The number of nitrogens with one attached hydrogen (secondary N) is 2. The molecule has 110 valence electrons. The Bertz CT molecular complexity index is 595. The lowest BCUT2D eigenvalue weighted by atomic mass is 10.2. The van der Waals surface area contributed by atoms with Crippen LogP contribution in [0.1, 0.15) is 6.42 Å². The average Bonchev–Trinajstić information content (AvgIpc) is 3.19. The molecule has 2 atom stereocenters. The number of hydrogen-bond acceptors (Lipinski definition) is 4. The zero-order valence-corrected chi connectivity index (χ0v) is 11.8. The quantitative estimate of drug-likeness (QED) is 0.886. The average molecular weight is 286 g/mol. The number of carbonyl (C=O) groups is 1. The Balaban J connectivity index is 1.62. The van der Waals surface area contributed by atoms with Crippen LogP contribution >= 0.6 is 0 Å². The van der Waals surface area contributed by atoms with E-state index >= 15 is 0 Å². The summed E-state index contributed by atoms with van der Waals surface area (Å²) in [5, 5.41) is 10.2. The van der Waals surface area contributed by atoms with Crippen molar-refractivity contribution >= 4 is 11.6 Å². The van der Waals surface area contributed by atoms with E-state index in [1.54, 1.807) is 18.0 Å². The molecule has 1 fully saturated rings. The Morgan fingerprint density at radius 1 is 1.43 bits per heavy atom. The molecule has 2 aromatic rings. The lowest BCUT2D eigenvalue weighted by molar-refractivity contribution is -0.118. The van der Waals surface area contributed by atoms with Crippen molar-refractivity contribution in [1.82, 2.24) is 15.1 Å². The first-order valence-electron chi connectivity index (χ1n) is 6.93. The second kappa shape index (κ2) is 6.07. The zero-order valence-electron chi connectivity index (χ0n) is 11.8. The standard InChI is InChI=1S/C15H18N4O2/c1-21-13-9-14(16-10-13)15(20)18-11-3-5-12(6-4-11)19-8-2-7-17-19/h2-8,13-14,16H,9-10H2,1H3,(H,18,20). The van der Waals surface area contributed by atoms with Gasteiger partial charge in [0.15, 0.2) is 0 Å². The maximum Gasteiger partial charge on any atom is 0.241 e. The van der Waals surface area contributed by atoms with Gasteiger partial charge in [-0.25, -0.2) is 4.68 Å². The van der Waals surface area contributed by atoms with Gasteiger partial charge < -0.3 is 15.4 Å². The fourth-order valence-corrected chi connectivity index (χ4v) is 2.43. The molecule has 1 aliphatic heterocycles. The summed E-state index contributed by atoms with van der Waals surface area (Å²) in [6, 6.07) is 9.26. The molecule has 1 saturated heterocycles. The molecule has 0 spiro atoms. The molecule has 0 aliphatic carbocycles. The molecule has 0 bridgehead atoms. The van der Waals surface area contributed by atoms with Crippen LogP contribution in [0.4, 0.5) is 5.69 Å². The highest BCUT2D eigenvalue weighted by Crippen LogP contribution is 2.15. The van der Waals surface area contributed by atoms with Crippen LogP contribution in [0, 0.1) is 0 Å². The SMILES string of the molecule is COC1CNC(C(=O)Nc2ccc(-n3cccn3)cc2)C1. The summed E-state index contributed by atoms with van der Waals surface area (Å²) in [7, 11) is 1.67. The molecule has 1 aliphatic rings. The first kappa shape index (κ1) is 13.8. The number of anilines is 1. The summed E-state index contributed by atoms with van der Waals surface area (Å²) >= 11 is 0. The van der Waals surface area contributed by atoms with E-state index in [9.17, 15) is 4.79 Å². The maximum absolute atomic E-state index is 12.1. The Hall–Kier alpha value is -2.18. The number of carbonyl (C=O) groups excluding carboxylic acids is 1. The first-order chi connectivity index (χ1) is 10.3. The number of aromatic nitrogens is 2. The second-order valence-corrected chi connectivity index (χ2v) is 5.04. The van der Waals surface area contributed by atoms with E-state index in [2.05, 4.69) is 15.7 Å². The molecule has 3 rings (SSSR count). The van der Waals surface area contributed by atoms with Crippen molar-refractivity contribution in [3.05, 3.63) is 42.7 Å². The highest BCUT2D eigenvalue weighted by atomic mass is 16.5. The van der Waals surface area contributed by atoms with Crippen molar-refractivity contribution in [2.24, 2.45) is 0 Å². The normalized spacial score (nSPS) is 21.4. The van der Waals surface area contributed by atoms with Crippen LogP contribution in [0.15, 0.2) is 42.7 Å². The molecule has 1 aromatic carbocycles. The second-order valence-electron chi connectivity index (χ2n) is 5.04. The molecule has 21 heavy (non-hydrogen) atoms. The highest BCUT2D eigenvalue weighted by Gasteiger charge is 2.29. The molecular weight excluding hydrogens is 268 g/mol. The van der Waals surface area contributed by atoms with Gasteiger partial charge in [-0.15, -0.1) is 0 Å². The first-order valence-corrected chi connectivity index (χ1v) is 6.93. The number of methoxy groups -OCH3 is 1. The van der Waals surface area contributed by atoms with Gasteiger partial charge in [-0.05, 0) is 36.8 Å². The molecule has 0 radical (unpaired) electrons. The Kier molecular flexibility index (Phi) is 3.98. The Morgan fingerprint density at radius 2 is 2.24 bits per heavy atom. The molecule has 1 aromatic heterocycles. The third-order valence-corrected chi connectivity index (χ3v) is 3.64. The van der Waals surface area contributed by atoms with Gasteiger partial charge in [0, 0.05) is 31.7 Å². The smallest absolute Gasteiger partial charge is 0.241 e. The van der Waals surface area contributed by atoms with Crippen LogP contribution in [0.5, 0.6) is 0 Å². The molecule has 2 unspecified atom stereocenters. The highest BCUT2D eigenvalue weighted by molar-refractivity contribution is 5.95. The fourth-order valence-electron chi connectivity index (χ4n) is 2.43. The summed E-state index contributed by atoms with van der Waals surface area (Å²) in [5.74, 6) is -0.0265. The van der Waals surface area contributed by atoms with Crippen molar-refractivity contribution in [3.63, 3.8) is 0 Å². The van der Waals surface area contributed by atoms with Crippen molar-refractivity contribution in [3.8, 4) is 5.69 Å². The van der Waals surface area contributed by atoms with Gasteiger partial charge in [0.2, 0.25) is 5.91 Å². The number of rotatable bonds is 4. The number of benzene rings is 1. The summed E-state index contributed by atoms with van der Waals surface area (Å²) in [6.07, 6.45) is 4.42. The van der Waals surface area contributed by atoms with Crippen LogP contribution < -0.4 is 10.6 Å². The van der Waals surface area contributed by atoms with Crippen LogP contribution in [0.2, 0.25) is 0 Å². The molecule has 2 heterocycles. The van der Waals surface area contributed by atoms with E-state index in [1.807, 2.05) is 36.5 Å². The van der Waals surface area contributed by atoms with Gasteiger partial charge in [0.05, 0.1) is 17.8 Å². The predicted octanol–water partition coefficient (Wildman–Crippen LogP) is 1.19. The van der Waals surface area contributed by atoms with E-state index in [-0.39, 0.29) is 18.1 Å². The molecular formula is C15H18N4O2. The maximum atomic E-state index is 12.1. The third kappa shape index (κ3) is 3.12. The molecule has 1 amide bonds. The molecule has 6 heteroatoms. The summed E-state index contributed by atoms with van der Waals surface area (Å²) in [4.78, 5) is 12.1. The van der Waals surface area contributed by atoms with E-state index in [0.29, 0.717) is 13.0 Å². The van der Waals surface area contributed by atoms with Crippen LogP contribution in [0.25, 0.3) is 5.69 Å². The largest absolute Gasteiger partial charge is 0.380 e. The van der Waals surface area contributed by atoms with E-state index < -0.39 is 0 Å². The van der Waals surface area contributed by atoms with E-state index in [1.165, 1.54) is 0 Å². The number of amides is 1. The lowest BCUT2D eigenvalue weighted by Crippen LogP contribution is -2.35. The van der Waals surface area contributed by atoms with Crippen LogP contribution in [-0.4, -0.2) is 41.5 Å². The number of nitrogens with zero attached hydrogens (tertiary/aromatic N) is 2. The minimum absolute atomic E-state index is 0.0265. The molecule has 2 N–H and O–H groups in total. The van der Waals surface area contributed by atoms with Crippen LogP contribution in [-0.2, 0) is 9.53 Å². The number of ether oxygens (including phenoxy) is 1. The molecule has 6 nitrogen and oxygen atoms in total. The Labute approximate surface area is 123 Å². The topological polar surface area (TPSA) is 68.2 Å². The van der Waals surface area contributed by atoms with Gasteiger partial charge in [-0.3, -0.25) is 4.79 Å². The van der Waals surface area contributed by atoms with Crippen molar-refractivity contribution in [1.29, 1.82) is 0 Å². The number of hydrogen-bond donors (Lipinski definition) is 2. The van der Waals surface area contributed by atoms with Gasteiger partial charge >= 0.3 is 0 Å². The van der Waals surface area contributed by atoms with E-state index in [0.717, 1.165) is 11.4 Å². The summed E-state index contributed by atoms with van der Waals surface area (Å²) in [5.41, 5.74) is 1.73. The minimum atomic E-state index is -0.194. The fraction of sp³-hybridized carbons (Fsp3) is 0.333. The van der Waals surface area contributed by atoms with E-state index in [4.69, 9.17) is 4.74 Å². The van der Waals surface area contributed by atoms with Crippen molar-refractivity contribution < 1.29 is 9.53 Å². The van der Waals surface area contributed by atoms with Gasteiger partial charge in [0.25, 0.3) is 0 Å². The summed E-state index contributed by atoms with van der Waals surface area (Å²) in [6.45, 7) is 0.715. The van der Waals surface area contributed by atoms with Gasteiger partial charge in [0.1, 0.15) is 0 Å². The minimum Gasteiger partial charge on any atom is -0.380 e. The Morgan fingerprint density at radius 3 is 2.86 bits per heavy atom.